The second-order valence-electron chi connectivity index (χ2n) is 5.85. The van der Waals surface area contributed by atoms with E-state index in [9.17, 15) is 8.78 Å². The van der Waals surface area contributed by atoms with Crippen LogP contribution in [0.15, 0.2) is 0 Å². The maximum atomic E-state index is 13.3. The van der Waals surface area contributed by atoms with E-state index in [-0.39, 0.29) is 13.0 Å². The number of alkyl halides is 2. The first-order valence-electron chi connectivity index (χ1n) is 7.08. The van der Waals surface area contributed by atoms with Crippen LogP contribution in [0.2, 0.25) is 0 Å². The molecule has 5 heteroatoms. The van der Waals surface area contributed by atoms with E-state index in [4.69, 9.17) is 0 Å². The van der Waals surface area contributed by atoms with Crippen LogP contribution in [0.3, 0.4) is 0 Å². The molecule has 1 N–H and O–H groups in total. The van der Waals surface area contributed by atoms with Crippen molar-refractivity contribution in [3.05, 3.63) is 0 Å². The second-order valence-corrected chi connectivity index (χ2v) is 5.85. The first-order valence-corrected chi connectivity index (χ1v) is 7.08. The monoisotopic (exact) mass is 261 g/mol. The van der Waals surface area contributed by atoms with Gasteiger partial charge in [-0.15, -0.1) is 0 Å². The highest BCUT2D eigenvalue weighted by atomic mass is 19.3. The minimum absolute atomic E-state index is 0.0428. The number of hydrogen-bond acceptors (Lipinski definition) is 3. The summed E-state index contributed by atoms with van der Waals surface area (Å²) in [6.07, 6.45) is 0.697. The van der Waals surface area contributed by atoms with E-state index in [1.165, 1.54) is 0 Å². The van der Waals surface area contributed by atoms with Crippen molar-refractivity contribution in [2.24, 2.45) is 5.92 Å². The van der Waals surface area contributed by atoms with Gasteiger partial charge < -0.3 is 10.2 Å². The van der Waals surface area contributed by atoms with Gasteiger partial charge in [0.1, 0.15) is 0 Å². The molecule has 1 unspecified atom stereocenters. The van der Waals surface area contributed by atoms with E-state index < -0.39 is 5.92 Å². The fourth-order valence-electron chi connectivity index (χ4n) is 3.04. The molecule has 0 spiro atoms. The summed E-state index contributed by atoms with van der Waals surface area (Å²) in [4.78, 5) is 4.37. The molecule has 1 atom stereocenters. The lowest BCUT2D eigenvalue weighted by Gasteiger charge is -2.36. The largest absolute Gasteiger partial charge is 0.314 e. The molecule has 0 aliphatic carbocycles. The fourth-order valence-corrected chi connectivity index (χ4v) is 3.04. The predicted molar refractivity (Wildman–Crippen MR) is 69.1 cm³/mol. The van der Waals surface area contributed by atoms with E-state index in [1.807, 2.05) is 4.90 Å². The highest BCUT2D eigenvalue weighted by Crippen LogP contribution is 2.26. The summed E-state index contributed by atoms with van der Waals surface area (Å²) in [5.74, 6) is -2.00. The minimum atomic E-state index is -2.47. The van der Waals surface area contributed by atoms with Crippen molar-refractivity contribution in [2.45, 2.75) is 25.7 Å². The van der Waals surface area contributed by atoms with Gasteiger partial charge in [-0.05, 0) is 18.9 Å². The van der Waals surface area contributed by atoms with Crippen LogP contribution in [0.5, 0.6) is 0 Å². The SMILES string of the molecule is CC(CN1CCNCC1)CN1CCCC(F)(F)C1. The first kappa shape index (κ1) is 14.2. The maximum absolute atomic E-state index is 13.3. The molecule has 3 nitrogen and oxygen atoms in total. The summed E-state index contributed by atoms with van der Waals surface area (Å²) in [5.41, 5.74) is 0. The summed E-state index contributed by atoms with van der Waals surface area (Å²) >= 11 is 0. The minimum Gasteiger partial charge on any atom is -0.314 e. The summed E-state index contributed by atoms with van der Waals surface area (Å²) in [7, 11) is 0. The molecule has 2 fully saturated rings. The highest BCUT2D eigenvalue weighted by molar-refractivity contribution is 4.80. The van der Waals surface area contributed by atoms with Crippen molar-refractivity contribution in [1.82, 2.24) is 15.1 Å². The smallest absolute Gasteiger partial charge is 0.260 e. The third kappa shape index (κ3) is 4.44. The Morgan fingerprint density at radius 1 is 1.11 bits per heavy atom. The van der Waals surface area contributed by atoms with Crippen molar-refractivity contribution in [1.29, 1.82) is 0 Å². The predicted octanol–water partition coefficient (Wildman–Crippen LogP) is 1.26. The third-order valence-corrected chi connectivity index (χ3v) is 3.82. The van der Waals surface area contributed by atoms with Crippen LogP contribution in [0, 0.1) is 5.92 Å². The van der Waals surface area contributed by atoms with Gasteiger partial charge in [0.15, 0.2) is 0 Å². The first-order chi connectivity index (χ1) is 8.55. The molecule has 2 saturated heterocycles. The number of piperidine rings is 1. The molecule has 0 amide bonds. The van der Waals surface area contributed by atoms with Crippen LogP contribution in [0.25, 0.3) is 0 Å². The summed E-state index contributed by atoms with van der Waals surface area (Å²) in [6.45, 7) is 9.07. The van der Waals surface area contributed by atoms with Crippen LogP contribution in [-0.2, 0) is 0 Å². The van der Waals surface area contributed by atoms with Gasteiger partial charge >= 0.3 is 0 Å². The Bertz CT molecular complexity index is 255. The summed E-state index contributed by atoms with van der Waals surface area (Å²) in [5, 5.41) is 3.33. The number of piperazine rings is 1. The normalized spacial score (nSPS) is 28.2. The molecule has 0 saturated carbocycles. The highest BCUT2D eigenvalue weighted by Gasteiger charge is 2.35. The molecule has 106 valence electrons. The molecule has 0 aromatic carbocycles. The molecule has 18 heavy (non-hydrogen) atoms. The Labute approximate surface area is 109 Å². The Hall–Kier alpha value is -0.260. The molecule has 0 radical (unpaired) electrons. The Morgan fingerprint density at radius 2 is 1.78 bits per heavy atom. The number of rotatable bonds is 4. The molecule has 2 aliphatic heterocycles. The Balaban J connectivity index is 1.71. The van der Waals surface area contributed by atoms with E-state index in [0.29, 0.717) is 12.3 Å². The lowest BCUT2D eigenvalue weighted by Crippen LogP contribution is -2.48. The topological polar surface area (TPSA) is 18.5 Å². The van der Waals surface area contributed by atoms with E-state index in [0.717, 1.165) is 45.8 Å². The van der Waals surface area contributed by atoms with E-state index in [2.05, 4.69) is 17.1 Å². The van der Waals surface area contributed by atoms with Gasteiger partial charge in [-0.3, -0.25) is 4.90 Å². The molecule has 0 aromatic heterocycles. The molecular formula is C13H25F2N3. The van der Waals surface area contributed by atoms with Crippen molar-refractivity contribution in [2.75, 3.05) is 52.4 Å². The van der Waals surface area contributed by atoms with Gasteiger partial charge in [-0.25, -0.2) is 8.78 Å². The van der Waals surface area contributed by atoms with Gasteiger partial charge in [0.2, 0.25) is 0 Å². The fraction of sp³-hybridized carbons (Fsp3) is 1.00. The lowest BCUT2D eigenvalue weighted by molar-refractivity contribution is -0.0672. The number of nitrogens with one attached hydrogen (secondary N) is 1. The zero-order chi connectivity index (χ0) is 13.0. The third-order valence-electron chi connectivity index (χ3n) is 3.82. The average Bonchev–Trinajstić information content (AvgIpc) is 2.28. The summed E-state index contributed by atoms with van der Waals surface area (Å²) in [6, 6.07) is 0. The van der Waals surface area contributed by atoms with Gasteiger partial charge in [0.25, 0.3) is 5.92 Å². The second kappa shape index (κ2) is 6.26. The Kier molecular flexibility index (Phi) is 4.92. The van der Waals surface area contributed by atoms with Crippen LogP contribution in [-0.4, -0.2) is 68.1 Å². The lowest BCUT2D eigenvalue weighted by atomic mass is 10.0. The molecule has 2 rings (SSSR count). The number of likely N-dealkylation sites (tertiary alicyclic amines) is 1. The standard InChI is InChI=1S/C13H25F2N3/c1-12(9-17-7-4-16-5-8-17)10-18-6-2-3-13(14,15)11-18/h12,16H,2-11H2,1H3. The number of halogens is 2. The maximum Gasteiger partial charge on any atom is 0.260 e. The molecule has 0 aromatic rings. The molecule has 0 bridgehead atoms. The van der Waals surface area contributed by atoms with E-state index in [1.54, 1.807) is 0 Å². The zero-order valence-corrected chi connectivity index (χ0v) is 11.3. The van der Waals surface area contributed by atoms with Gasteiger partial charge in [0, 0.05) is 45.7 Å². The number of hydrogen-bond donors (Lipinski definition) is 1. The molecular weight excluding hydrogens is 236 g/mol. The van der Waals surface area contributed by atoms with E-state index >= 15 is 0 Å². The summed E-state index contributed by atoms with van der Waals surface area (Å²) < 4.78 is 26.6. The van der Waals surface area contributed by atoms with Crippen LogP contribution in [0.4, 0.5) is 8.78 Å². The zero-order valence-electron chi connectivity index (χ0n) is 11.3. The van der Waals surface area contributed by atoms with Gasteiger partial charge in [0.05, 0.1) is 6.54 Å². The average molecular weight is 261 g/mol. The van der Waals surface area contributed by atoms with Crippen LogP contribution < -0.4 is 5.32 Å². The quantitative estimate of drug-likeness (QED) is 0.822. The van der Waals surface area contributed by atoms with Gasteiger partial charge in [-0.2, -0.15) is 0 Å². The van der Waals surface area contributed by atoms with Crippen molar-refractivity contribution < 1.29 is 8.78 Å². The number of nitrogens with zero attached hydrogens (tertiary/aromatic N) is 2. The van der Waals surface area contributed by atoms with Crippen molar-refractivity contribution >= 4 is 0 Å². The van der Waals surface area contributed by atoms with Crippen molar-refractivity contribution in [3.8, 4) is 0 Å². The van der Waals surface area contributed by atoms with Crippen molar-refractivity contribution in [3.63, 3.8) is 0 Å². The molecule has 2 aliphatic rings. The van der Waals surface area contributed by atoms with Gasteiger partial charge in [-0.1, -0.05) is 6.92 Å². The molecule has 2 heterocycles. The Morgan fingerprint density at radius 3 is 2.44 bits per heavy atom. The van der Waals surface area contributed by atoms with Crippen LogP contribution in [0.1, 0.15) is 19.8 Å². The van der Waals surface area contributed by atoms with Crippen LogP contribution >= 0.6 is 0 Å².